The van der Waals surface area contributed by atoms with Crippen LogP contribution in [0.4, 0.5) is 0 Å². The molecule has 0 spiro atoms. The maximum absolute atomic E-state index is 11.3. The first kappa shape index (κ1) is 10.5. The van der Waals surface area contributed by atoms with Crippen LogP contribution in [0.25, 0.3) is 10.4 Å². The van der Waals surface area contributed by atoms with Gasteiger partial charge < -0.3 is 5.11 Å². The summed E-state index contributed by atoms with van der Waals surface area (Å²) in [6, 6.07) is 9.12. The predicted octanol–water partition coefficient (Wildman–Crippen LogP) is 2.34. The summed E-state index contributed by atoms with van der Waals surface area (Å²) in [6.07, 6.45) is 0.547. The van der Waals surface area contributed by atoms with Crippen molar-refractivity contribution in [1.82, 2.24) is 0 Å². The minimum atomic E-state index is -0.838. The zero-order chi connectivity index (χ0) is 11.6. The van der Waals surface area contributed by atoms with Crippen molar-refractivity contribution in [2.45, 2.75) is 11.8 Å². The van der Waals surface area contributed by atoms with Crippen LogP contribution in [0.3, 0.4) is 0 Å². The van der Waals surface area contributed by atoms with Gasteiger partial charge in [-0.2, -0.15) is 0 Å². The summed E-state index contributed by atoms with van der Waals surface area (Å²) in [5.41, 5.74) is 8.19. The molecule has 2 atom stereocenters. The molecule has 1 aromatic rings. The van der Waals surface area contributed by atoms with Crippen molar-refractivity contribution in [2.24, 2.45) is 11.0 Å². The van der Waals surface area contributed by atoms with Crippen LogP contribution in [0, 0.1) is 5.92 Å². The second-order valence-electron chi connectivity index (χ2n) is 3.96. The van der Waals surface area contributed by atoms with Crippen molar-refractivity contribution in [3.05, 3.63) is 46.3 Å². The second-order valence-corrected chi connectivity index (χ2v) is 3.96. The number of aliphatic carboxylic acids is 1. The summed E-state index contributed by atoms with van der Waals surface area (Å²) < 4.78 is 0. The first-order valence-electron chi connectivity index (χ1n) is 5.01. The van der Waals surface area contributed by atoms with Gasteiger partial charge in [-0.3, -0.25) is 4.79 Å². The van der Waals surface area contributed by atoms with Gasteiger partial charge in [0.2, 0.25) is 0 Å². The summed E-state index contributed by atoms with van der Waals surface area (Å²) in [7, 11) is 0. The molecule has 5 heteroatoms. The number of hydrogen-bond acceptors (Lipinski definition) is 2. The van der Waals surface area contributed by atoms with E-state index in [-0.39, 0.29) is 12.5 Å². The molecule has 1 aromatic carbocycles. The molecular formula is C11H11N3O2. The fourth-order valence-corrected chi connectivity index (χ4v) is 2.16. The topological polar surface area (TPSA) is 86.1 Å². The quantitative estimate of drug-likeness (QED) is 0.476. The molecule has 2 rings (SSSR count). The summed E-state index contributed by atoms with van der Waals surface area (Å²) in [6.45, 7) is 0.248. The largest absolute Gasteiger partial charge is 0.481 e. The molecule has 16 heavy (non-hydrogen) atoms. The van der Waals surface area contributed by atoms with E-state index in [1.807, 2.05) is 30.3 Å². The molecular weight excluding hydrogens is 206 g/mol. The molecule has 1 saturated carbocycles. The lowest BCUT2D eigenvalue weighted by molar-refractivity contribution is -0.140. The van der Waals surface area contributed by atoms with E-state index >= 15 is 0 Å². The lowest BCUT2D eigenvalue weighted by Crippen LogP contribution is -2.23. The Bertz CT molecular complexity index is 454. The highest BCUT2D eigenvalue weighted by atomic mass is 16.4. The smallest absolute Gasteiger partial charge is 0.314 e. The van der Waals surface area contributed by atoms with Crippen LogP contribution in [0.1, 0.15) is 12.0 Å². The highest BCUT2D eigenvalue weighted by Gasteiger charge is 2.60. The van der Waals surface area contributed by atoms with E-state index in [2.05, 4.69) is 10.0 Å². The summed E-state index contributed by atoms with van der Waals surface area (Å²) in [5, 5.41) is 12.7. The Morgan fingerprint density at radius 3 is 2.81 bits per heavy atom. The maximum Gasteiger partial charge on any atom is 0.314 e. The van der Waals surface area contributed by atoms with Crippen molar-refractivity contribution in [1.29, 1.82) is 0 Å². The molecule has 0 bridgehead atoms. The number of benzene rings is 1. The average molecular weight is 217 g/mol. The molecule has 0 aromatic heterocycles. The molecule has 82 valence electrons. The van der Waals surface area contributed by atoms with Gasteiger partial charge >= 0.3 is 5.97 Å². The van der Waals surface area contributed by atoms with Gasteiger partial charge in [0, 0.05) is 11.5 Å². The first-order valence-corrected chi connectivity index (χ1v) is 5.01. The van der Waals surface area contributed by atoms with Crippen LogP contribution in [0.5, 0.6) is 0 Å². The third-order valence-corrected chi connectivity index (χ3v) is 3.14. The first-order chi connectivity index (χ1) is 7.71. The van der Waals surface area contributed by atoms with Crippen molar-refractivity contribution in [3.8, 4) is 0 Å². The molecule has 1 aliphatic rings. The fraction of sp³-hybridized carbons (Fsp3) is 0.364. The van der Waals surface area contributed by atoms with Gasteiger partial charge in [0.15, 0.2) is 0 Å². The van der Waals surface area contributed by atoms with Gasteiger partial charge in [-0.15, -0.1) is 0 Å². The van der Waals surface area contributed by atoms with Gasteiger partial charge in [0.1, 0.15) is 0 Å². The molecule has 1 fully saturated rings. The molecule has 0 heterocycles. The van der Waals surface area contributed by atoms with E-state index < -0.39 is 11.4 Å². The Balaban J connectivity index is 2.27. The van der Waals surface area contributed by atoms with Crippen LogP contribution >= 0.6 is 0 Å². The van der Waals surface area contributed by atoms with Crippen LogP contribution < -0.4 is 0 Å². The van der Waals surface area contributed by atoms with Crippen LogP contribution in [-0.2, 0) is 10.2 Å². The number of carboxylic acids is 1. The zero-order valence-corrected chi connectivity index (χ0v) is 8.58. The monoisotopic (exact) mass is 217 g/mol. The van der Waals surface area contributed by atoms with Gasteiger partial charge in [-0.1, -0.05) is 35.4 Å². The molecule has 1 aliphatic carbocycles. The standard InChI is InChI=1S/C11H11N3O2/c12-14-13-7-9-6-11(9,10(15)16)8-4-2-1-3-5-8/h1-5,9H,6-7H2,(H,15,16)/t9-,11+/m0/s1. The third kappa shape index (κ3) is 1.51. The van der Waals surface area contributed by atoms with Crippen molar-refractivity contribution in [3.63, 3.8) is 0 Å². The molecule has 0 radical (unpaired) electrons. The highest BCUT2D eigenvalue weighted by molar-refractivity contribution is 5.85. The van der Waals surface area contributed by atoms with Gasteiger partial charge in [0.25, 0.3) is 0 Å². The molecule has 0 saturated heterocycles. The van der Waals surface area contributed by atoms with E-state index in [9.17, 15) is 9.90 Å². The number of carboxylic acid groups (broad SMARTS) is 1. The van der Waals surface area contributed by atoms with E-state index in [1.54, 1.807) is 0 Å². The number of nitrogens with zero attached hydrogens (tertiary/aromatic N) is 3. The van der Waals surface area contributed by atoms with Crippen molar-refractivity contribution >= 4 is 5.97 Å². The summed E-state index contributed by atoms with van der Waals surface area (Å²) in [5.74, 6) is -0.917. The Kier molecular flexibility index (Phi) is 2.54. The lowest BCUT2D eigenvalue weighted by atomic mass is 9.93. The lowest BCUT2D eigenvalue weighted by Gasteiger charge is -2.11. The fourth-order valence-electron chi connectivity index (χ4n) is 2.16. The molecule has 0 aliphatic heterocycles. The highest BCUT2D eigenvalue weighted by Crippen LogP contribution is 2.54. The van der Waals surface area contributed by atoms with Crippen molar-refractivity contribution < 1.29 is 9.90 Å². The number of carbonyl (C=O) groups is 1. The SMILES string of the molecule is [N-]=[N+]=NC[C@@H]1C[C@@]1(C(=O)O)c1ccccc1. The molecule has 0 unspecified atom stereocenters. The number of azide groups is 1. The Morgan fingerprint density at radius 1 is 1.56 bits per heavy atom. The molecule has 0 amide bonds. The second kappa shape index (κ2) is 3.87. The summed E-state index contributed by atoms with van der Waals surface area (Å²) >= 11 is 0. The molecule has 5 nitrogen and oxygen atoms in total. The molecule has 1 N–H and O–H groups in total. The minimum absolute atomic E-state index is 0.0803. The van der Waals surface area contributed by atoms with Crippen LogP contribution in [-0.4, -0.2) is 17.6 Å². The van der Waals surface area contributed by atoms with Crippen LogP contribution in [0.15, 0.2) is 35.4 Å². The minimum Gasteiger partial charge on any atom is -0.481 e. The Hall–Kier alpha value is -2.00. The number of rotatable bonds is 4. The predicted molar refractivity (Wildman–Crippen MR) is 57.9 cm³/mol. The zero-order valence-electron chi connectivity index (χ0n) is 8.58. The number of hydrogen-bond donors (Lipinski definition) is 1. The third-order valence-electron chi connectivity index (χ3n) is 3.14. The Labute approximate surface area is 92.3 Å². The van der Waals surface area contributed by atoms with Gasteiger partial charge in [0.05, 0.1) is 5.41 Å². The van der Waals surface area contributed by atoms with Crippen molar-refractivity contribution in [2.75, 3.05) is 6.54 Å². The van der Waals surface area contributed by atoms with E-state index in [4.69, 9.17) is 5.53 Å². The van der Waals surface area contributed by atoms with E-state index in [1.165, 1.54) is 0 Å². The normalized spacial score (nSPS) is 26.9. The average Bonchev–Trinajstić information content (AvgIpc) is 3.03. The van der Waals surface area contributed by atoms with E-state index in [0.29, 0.717) is 6.42 Å². The Morgan fingerprint density at radius 2 is 2.25 bits per heavy atom. The van der Waals surface area contributed by atoms with Crippen LogP contribution in [0.2, 0.25) is 0 Å². The van der Waals surface area contributed by atoms with Gasteiger partial charge in [-0.05, 0) is 23.4 Å². The maximum atomic E-state index is 11.3. The van der Waals surface area contributed by atoms with Gasteiger partial charge in [-0.25, -0.2) is 0 Å². The summed E-state index contributed by atoms with van der Waals surface area (Å²) in [4.78, 5) is 14.0. The van der Waals surface area contributed by atoms with E-state index in [0.717, 1.165) is 5.56 Å².